The van der Waals surface area contributed by atoms with Crippen molar-refractivity contribution in [2.45, 2.75) is 52.4 Å². The summed E-state index contributed by atoms with van der Waals surface area (Å²) in [5.41, 5.74) is 2.30. The third-order valence-electron chi connectivity index (χ3n) is 4.85. The van der Waals surface area contributed by atoms with Gasteiger partial charge in [-0.15, -0.1) is 0 Å². The van der Waals surface area contributed by atoms with E-state index in [1.165, 1.54) is 0 Å². The maximum Gasteiger partial charge on any atom is 0.164 e. The minimum Gasteiger partial charge on any atom is -0.299 e. The third kappa shape index (κ3) is 4.28. The van der Waals surface area contributed by atoms with E-state index in [-0.39, 0.29) is 35.6 Å². The molecule has 3 heteroatoms. The van der Waals surface area contributed by atoms with Gasteiger partial charge in [-0.25, -0.2) is 0 Å². The molecule has 1 fully saturated rings. The van der Waals surface area contributed by atoms with Crippen molar-refractivity contribution >= 4 is 22.9 Å². The van der Waals surface area contributed by atoms with Gasteiger partial charge in [0.1, 0.15) is 11.6 Å². The standard InChI is InChI=1S/C21H26O3/c1-4-7-15-12-20(23)16(10-11-19(15)22)13-21(24)18-9-6-5-8-17(18)14(2)3/h5-6,8-9,15-16H,2,4,7,10-13H2,1,3H3. The van der Waals surface area contributed by atoms with E-state index in [4.69, 9.17) is 0 Å². The van der Waals surface area contributed by atoms with Crippen LogP contribution in [0.15, 0.2) is 30.8 Å². The molecule has 3 nitrogen and oxygen atoms in total. The van der Waals surface area contributed by atoms with Crippen LogP contribution in [-0.2, 0) is 9.59 Å². The van der Waals surface area contributed by atoms with Gasteiger partial charge in [0.15, 0.2) is 5.78 Å². The van der Waals surface area contributed by atoms with Crippen LogP contribution in [0.1, 0.15) is 68.3 Å². The van der Waals surface area contributed by atoms with Gasteiger partial charge in [-0.1, -0.05) is 49.8 Å². The first-order valence-electron chi connectivity index (χ1n) is 8.77. The number of hydrogen-bond donors (Lipinski definition) is 0. The van der Waals surface area contributed by atoms with E-state index in [1.54, 1.807) is 6.07 Å². The predicted molar refractivity (Wildman–Crippen MR) is 95.9 cm³/mol. The van der Waals surface area contributed by atoms with Gasteiger partial charge in [-0.2, -0.15) is 0 Å². The van der Waals surface area contributed by atoms with Crippen molar-refractivity contribution in [2.75, 3.05) is 0 Å². The van der Waals surface area contributed by atoms with E-state index < -0.39 is 0 Å². The molecular formula is C21H26O3. The van der Waals surface area contributed by atoms with E-state index in [9.17, 15) is 14.4 Å². The third-order valence-corrected chi connectivity index (χ3v) is 4.85. The molecule has 1 aliphatic rings. The van der Waals surface area contributed by atoms with Crippen molar-refractivity contribution in [3.8, 4) is 0 Å². The zero-order chi connectivity index (χ0) is 17.7. The van der Waals surface area contributed by atoms with E-state index in [0.717, 1.165) is 24.0 Å². The highest BCUT2D eigenvalue weighted by Gasteiger charge is 2.32. The lowest BCUT2D eigenvalue weighted by molar-refractivity contribution is -0.127. The van der Waals surface area contributed by atoms with Crippen LogP contribution in [-0.4, -0.2) is 17.3 Å². The van der Waals surface area contributed by atoms with Crippen molar-refractivity contribution in [1.82, 2.24) is 0 Å². The van der Waals surface area contributed by atoms with Crippen molar-refractivity contribution in [3.63, 3.8) is 0 Å². The Morgan fingerprint density at radius 2 is 1.79 bits per heavy atom. The number of benzene rings is 1. The molecular weight excluding hydrogens is 300 g/mol. The normalized spacial score (nSPS) is 21.4. The molecule has 0 radical (unpaired) electrons. The van der Waals surface area contributed by atoms with Crippen LogP contribution in [0, 0.1) is 11.8 Å². The molecule has 0 amide bonds. The molecule has 0 N–H and O–H groups in total. The zero-order valence-electron chi connectivity index (χ0n) is 14.6. The minimum atomic E-state index is -0.332. The Morgan fingerprint density at radius 3 is 2.42 bits per heavy atom. The molecule has 1 aromatic carbocycles. The number of Topliss-reactive ketones (excluding diaryl/α,β-unsaturated/α-hetero) is 3. The maximum absolute atomic E-state index is 12.7. The van der Waals surface area contributed by atoms with Gasteiger partial charge in [0, 0.05) is 36.7 Å². The average Bonchev–Trinajstić information content (AvgIpc) is 2.69. The van der Waals surface area contributed by atoms with Gasteiger partial charge in [0.05, 0.1) is 0 Å². The second kappa shape index (κ2) is 8.18. The van der Waals surface area contributed by atoms with Gasteiger partial charge in [-0.3, -0.25) is 14.4 Å². The maximum atomic E-state index is 12.7. The monoisotopic (exact) mass is 326 g/mol. The molecule has 0 bridgehead atoms. The second-order valence-corrected chi connectivity index (χ2v) is 6.81. The van der Waals surface area contributed by atoms with Gasteiger partial charge in [0.2, 0.25) is 0 Å². The van der Waals surface area contributed by atoms with Crippen LogP contribution in [0.25, 0.3) is 5.57 Å². The highest BCUT2D eigenvalue weighted by Crippen LogP contribution is 2.29. The Morgan fingerprint density at radius 1 is 1.12 bits per heavy atom. The van der Waals surface area contributed by atoms with Crippen LogP contribution in [0.2, 0.25) is 0 Å². The number of ketones is 3. The Bertz CT molecular complexity index is 657. The summed E-state index contributed by atoms with van der Waals surface area (Å²) in [6, 6.07) is 7.38. The van der Waals surface area contributed by atoms with Crippen LogP contribution in [0.4, 0.5) is 0 Å². The number of rotatable bonds is 6. The predicted octanol–water partition coefficient (Wildman–Crippen LogP) is 4.65. The molecule has 1 saturated carbocycles. The molecule has 1 aliphatic carbocycles. The molecule has 0 saturated heterocycles. The highest BCUT2D eigenvalue weighted by atomic mass is 16.1. The largest absolute Gasteiger partial charge is 0.299 e. The first kappa shape index (κ1) is 18.3. The fourth-order valence-electron chi connectivity index (χ4n) is 3.46. The Hall–Kier alpha value is -2.03. The summed E-state index contributed by atoms with van der Waals surface area (Å²) in [7, 11) is 0. The molecule has 128 valence electrons. The summed E-state index contributed by atoms with van der Waals surface area (Å²) in [5.74, 6) is -0.261. The summed E-state index contributed by atoms with van der Waals surface area (Å²) in [6.07, 6.45) is 3.07. The SMILES string of the molecule is C=C(C)c1ccccc1C(=O)CC1CCC(=O)C(CCC)CC1=O. The summed E-state index contributed by atoms with van der Waals surface area (Å²) in [4.78, 5) is 37.4. The summed E-state index contributed by atoms with van der Waals surface area (Å²) in [5, 5.41) is 0. The van der Waals surface area contributed by atoms with Crippen molar-refractivity contribution in [2.24, 2.45) is 11.8 Å². The molecule has 24 heavy (non-hydrogen) atoms. The second-order valence-electron chi connectivity index (χ2n) is 6.81. The molecule has 2 unspecified atom stereocenters. The number of carbonyl (C=O) groups excluding carboxylic acids is 3. The van der Waals surface area contributed by atoms with Crippen LogP contribution in [0.5, 0.6) is 0 Å². The van der Waals surface area contributed by atoms with Crippen molar-refractivity contribution < 1.29 is 14.4 Å². The van der Waals surface area contributed by atoms with Crippen LogP contribution >= 0.6 is 0 Å². The van der Waals surface area contributed by atoms with Gasteiger partial charge < -0.3 is 0 Å². The summed E-state index contributed by atoms with van der Waals surface area (Å²) in [6.45, 7) is 7.82. The topological polar surface area (TPSA) is 51.2 Å². The summed E-state index contributed by atoms with van der Waals surface area (Å²) < 4.78 is 0. The number of allylic oxidation sites excluding steroid dienone is 1. The van der Waals surface area contributed by atoms with E-state index in [1.807, 2.05) is 32.0 Å². The molecule has 0 aromatic heterocycles. The first-order chi connectivity index (χ1) is 11.4. The van der Waals surface area contributed by atoms with Crippen molar-refractivity contribution in [3.05, 3.63) is 42.0 Å². The zero-order valence-corrected chi connectivity index (χ0v) is 14.6. The van der Waals surface area contributed by atoms with Gasteiger partial charge >= 0.3 is 0 Å². The van der Waals surface area contributed by atoms with Crippen molar-refractivity contribution in [1.29, 1.82) is 0 Å². The Balaban J connectivity index is 2.13. The molecule has 2 rings (SSSR count). The van der Waals surface area contributed by atoms with Crippen LogP contribution < -0.4 is 0 Å². The molecule has 0 spiro atoms. The lowest BCUT2D eigenvalue weighted by atomic mass is 9.88. The summed E-state index contributed by atoms with van der Waals surface area (Å²) >= 11 is 0. The fourth-order valence-corrected chi connectivity index (χ4v) is 3.46. The smallest absolute Gasteiger partial charge is 0.164 e. The lowest BCUT2D eigenvalue weighted by Gasteiger charge is -2.14. The van der Waals surface area contributed by atoms with E-state index >= 15 is 0 Å². The molecule has 1 aromatic rings. The first-order valence-corrected chi connectivity index (χ1v) is 8.77. The minimum absolute atomic E-state index is 0.0339. The quantitative estimate of drug-likeness (QED) is 0.565. The van der Waals surface area contributed by atoms with E-state index in [2.05, 4.69) is 6.58 Å². The molecule has 0 aliphatic heterocycles. The highest BCUT2D eigenvalue weighted by molar-refractivity contribution is 6.03. The Labute approximate surface area is 144 Å². The van der Waals surface area contributed by atoms with Crippen LogP contribution in [0.3, 0.4) is 0 Å². The lowest BCUT2D eigenvalue weighted by Crippen LogP contribution is -2.20. The van der Waals surface area contributed by atoms with Gasteiger partial charge in [-0.05, 0) is 25.3 Å². The average molecular weight is 326 g/mol. The molecule has 2 atom stereocenters. The number of hydrogen-bond acceptors (Lipinski definition) is 3. The fraction of sp³-hybridized carbons (Fsp3) is 0.476. The van der Waals surface area contributed by atoms with E-state index in [0.29, 0.717) is 24.8 Å². The molecule has 0 heterocycles. The Kier molecular flexibility index (Phi) is 6.24. The number of carbonyl (C=O) groups is 3. The van der Waals surface area contributed by atoms with Gasteiger partial charge in [0.25, 0.3) is 0 Å².